The summed E-state index contributed by atoms with van der Waals surface area (Å²) in [5.74, 6) is 0.237. The SMILES string of the molecule is CS(=O)(=O)N1CCC(CNc2ncc(C(F)(F)F)s2)CC1. The van der Waals surface area contributed by atoms with Crippen LogP contribution in [0.4, 0.5) is 18.3 Å². The Morgan fingerprint density at radius 3 is 2.52 bits per heavy atom. The zero-order chi connectivity index (χ0) is 15.7. The minimum absolute atomic E-state index is 0.237. The van der Waals surface area contributed by atoms with E-state index in [2.05, 4.69) is 10.3 Å². The molecule has 21 heavy (non-hydrogen) atoms. The molecule has 10 heteroatoms. The highest BCUT2D eigenvalue weighted by Crippen LogP contribution is 2.35. The van der Waals surface area contributed by atoms with Gasteiger partial charge in [-0.25, -0.2) is 17.7 Å². The third-order valence-corrected chi connectivity index (χ3v) is 5.67. The Morgan fingerprint density at radius 2 is 2.05 bits per heavy atom. The molecule has 2 heterocycles. The van der Waals surface area contributed by atoms with Crippen LogP contribution < -0.4 is 5.32 Å². The molecule has 120 valence electrons. The Morgan fingerprint density at radius 1 is 1.43 bits per heavy atom. The maximum absolute atomic E-state index is 12.4. The molecule has 0 aromatic carbocycles. The third kappa shape index (κ3) is 4.55. The molecule has 0 saturated carbocycles. The van der Waals surface area contributed by atoms with E-state index in [0.29, 0.717) is 43.8 Å². The third-order valence-electron chi connectivity index (χ3n) is 3.37. The Hall–Kier alpha value is -0.870. The van der Waals surface area contributed by atoms with Crippen LogP contribution in [-0.2, 0) is 16.2 Å². The summed E-state index contributed by atoms with van der Waals surface area (Å²) in [5, 5.41) is 3.14. The number of nitrogens with one attached hydrogen (secondary N) is 1. The highest BCUT2D eigenvalue weighted by molar-refractivity contribution is 7.88. The molecule has 1 aromatic rings. The molecule has 0 radical (unpaired) electrons. The van der Waals surface area contributed by atoms with Gasteiger partial charge < -0.3 is 5.32 Å². The molecule has 1 N–H and O–H groups in total. The van der Waals surface area contributed by atoms with Crippen molar-refractivity contribution in [3.05, 3.63) is 11.1 Å². The lowest BCUT2D eigenvalue weighted by molar-refractivity contribution is -0.134. The maximum Gasteiger partial charge on any atom is 0.427 e. The average molecular weight is 343 g/mol. The van der Waals surface area contributed by atoms with Crippen molar-refractivity contribution in [3.63, 3.8) is 0 Å². The first-order chi connectivity index (χ1) is 9.66. The summed E-state index contributed by atoms with van der Waals surface area (Å²) < 4.78 is 61.4. The van der Waals surface area contributed by atoms with Gasteiger partial charge in [0.1, 0.15) is 4.88 Å². The maximum atomic E-state index is 12.4. The number of sulfonamides is 1. The second kappa shape index (κ2) is 6.09. The Bertz CT molecular complexity index is 578. The van der Waals surface area contributed by atoms with Gasteiger partial charge in [-0.1, -0.05) is 11.3 Å². The molecule has 0 amide bonds. The summed E-state index contributed by atoms with van der Waals surface area (Å²) in [6.45, 7) is 1.41. The van der Waals surface area contributed by atoms with Crippen molar-refractivity contribution < 1.29 is 21.6 Å². The summed E-state index contributed by atoms with van der Waals surface area (Å²) in [5.41, 5.74) is 0. The number of rotatable bonds is 4. The Kier molecular flexibility index (Phi) is 4.79. The van der Waals surface area contributed by atoms with E-state index in [1.165, 1.54) is 10.6 Å². The van der Waals surface area contributed by atoms with Crippen LogP contribution in [-0.4, -0.2) is 43.6 Å². The molecule has 1 aliphatic heterocycles. The van der Waals surface area contributed by atoms with E-state index in [9.17, 15) is 21.6 Å². The van der Waals surface area contributed by atoms with E-state index in [4.69, 9.17) is 0 Å². The van der Waals surface area contributed by atoms with Crippen molar-refractivity contribution in [2.24, 2.45) is 5.92 Å². The summed E-state index contributed by atoms with van der Waals surface area (Å²) >= 11 is 0.580. The van der Waals surface area contributed by atoms with Gasteiger partial charge in [0.25, 0.3) is 0 Å². The summed E-state index contributed by atoms with van der Waals surface area (Å²) in [7, 11) is -3.15. The number of alkyl halides is 3. The Labute approximate surface area is 125 Å². The van der Waals surface area contributed by atoms with Crippen molar-refractivity contribution in [2.45, 2.75) is 19.0 Å². The fraction of sp³-hybridized carbons (Fsp3) is 0.727. The second-order valence-corrected chi connectivity index (χ2v) is 8.03. The van der Waals surface area contributed by atoms with Crippen LogP contribution in [0.5, 0.6) is 0 Å². The quantitative estimate of drug-likeness (QED) is 0.911. The van der Waals surface area contributed by atoms with E-state index in [1.54, 1.807) is 0 Å². The van der Waals surface area contributed by atoms with Crippen LogP contribution in [0.3, 0.4) is 0 Å². The molecule has 1 aliphatic rings. The van der Waals surface area contributed by atoms with Crippen LogP contribution in [0.15, 0.2) is 6.20 Å². The molecule has 1 fully saturated rings. The summed E-state index contributed by atoms with van der Waals surface area (Å²) in [4.78, 5) is 2.98. The van der Waals surface area contributed by atoms with E-state index >= 15 is 0 Å². The van der Waals surface area contributed by atoms with E-state index in [-0.39, 0.29) is 11.0 Å². The minimum atomic E-state index is -4.36. The number of halogens is 3. The second-order valence-electron chi connectivity index (χ2n) is 5.01. The predicted molar refractivity (Wildman–Crippen MR) is 74.7 cm³/mol. The minimum Gasteiger partial charge on any atom is -0.361 e. The number of aromatic nitrogens is 1. The highest BCUT2D eigenvalue weighted by Gasteiger charge is 2.33. The molecule has 1 saturated heterocycles. The molecule has 5 nitrogen and oxygen atoms in total. The predicted octanol–water partition coefficient (Wildman–Crippen LogP) is 2.25. The monoisotopic (exact) mass is 343 g/mol. The molecule has 1 aromatic heterocycles. The molecule has 0 atom stereocenters. The van der Waals surface area contributed by atoms with Gasteiger partial charge in [-0.05, 0) is 18.8 Å². The van der Waals surface area contributed by atoms with Gasteiger partial charge in [-0.2, -0.15) is 13.2 Å². The van der Waals surface area contributed by atoms with E-state index in [0.717, 1.165) is 6.20 Å². The smallest absolute Gasteiger partial charge is 0.361 e. The molecule has 0 aliphatic carbocycles. The van der Waals surface area contributed by atoms with E-state index in [1.807, 2.05) is 0 Å². The van der Waals surface area contributed by atoms with Crippen LogP contribution in [0.25, 0.3) is 0 Å². The lowest BCUT2D eigenvalue weighted by atomic mass is 9.98. The number of anilines is 1. The van der Waals surface area contributed by atoms with Crippen molar-refractivity contribution in [2.75, 3.05) is 31.2 Å². The topological polar surface area (TPSA) is 62.3 Å². The van der Waals surface area contributed by atoms with Crippen molar-refractivity contribution in [1.82, 2.24) is 9.29 Å². The van der Waals surface area contributed by atoms with Crippen LogP contribution in [0.1, 0.15) is 17.7 Å². The molecular formula is C11H16F3N3O2S2. The zero-order valence-electron chi connectivity index (χ0n) is 11.4. The normalized spacial score (nSPS) is 18.9. The number of thiazole rings is 1. The first-order valence-corrected chi connectivity index (χ1v) is 9.05. The summed E-state index contributed by atoms with van der Waals surface area (Å²) in [6.07, 6.45) is -0.980. The van der Waals surface area contributed by atoms with Gasteiger partial charge in [0.05, 0.1) is 12.5 Å². The van der Waals surface area contributed by atoms with Crippen molar-refractivity contribution >= 4 is 26.5 Å². The van der Waals surface area contributed by atoms with Crippen LogP contribution >= 0.6 is 11.3 Å². The van der Waals surface area contributed by atoms with Crippen molar-refractivity contribution in [3.8, 4) is 0 Å². The molecule has 0 spiro atoms. The van der Waals surface area contributed by atoms with Gasteiger partial charge in [0, 0.05) is 19.6 Å². The lowest BCUT2D eigenvalue weighted by Gasteiger charge is -2.30. The molecular weight excluding hydrogens is 327 g/mol. The first kappa shape index (κ1) is 16.5. The van der Waals surface area contributed by atoms with Gasteiger partial charge >= 0.3 is 6.18 Å². The standard InChI is InChI=1S/C11H16F3N3O2S2/c1-21(18,19)17-4-2-8(3-5-17)6-15-10-16-7-9(20-10)11(12,13)14/h7-8H,2-6H2,1H3,(H,15,16). The Balaban J connectivity index is 1.81. The van der Waals surface area contributed by atoms with Crippen molar-refractivity contribution in [1.29, 1.82) is 0 Å². The number of hydrogen-bond acceptors (Lipinski definition) is 5. The van der Waals surface area contributed by atoms with Crippen LogP contribution in [0, 0.1) is 5.92 Å². The molecule has 0 unspecified atom stereocenters. The van der Waals surface area contributed by atoms with Gasteiger partial charge in [0.15, 0.2) is 5.13 Å². The largest absolute Gasteiger partial charge is 0.427 e. The molecule has 2 rings (SSSR count). The van der Waals surface area contributed by atoms with Gasteiger partial charge in [-0.15, -0.1) is 0 Å². The first-order valence-electron chi connectivity index (χ1n) is 6.38. The number of nitrogens with zero attached hydrogens (tertiary/aromatic N) is 2. The fourth-order valence-corrected chi connectivity index (χ4v) is 3.73. The zero-order valence-corrected chi connectivity index (χ0v) is 13.0. The highest BCUT2D eigenvalue weighted by atomic mass is 32.2. The number of piperidine rings is 1. The average Bonchev–Trinajstić information content (AvgIpc) is 2.84. The molecule has 0 bridgehead atoms. The fourth-order valence-electron chi connectivity index (χ4n) is 2.16. The van der Waals surface area contributed by atoms with Gasteiger partial charge in [-0.3, -0.25) is 0 Å². The van der Waals surface area contributed by atoms with E-state index < -0.39 is 21.1 Å². The summed E-state index contributed by atoms with van der Waals surface area (Å²) in [6, 6.07) is 0. The van der Waals surface area contributed by atoms with Gasteiger partial charge in [0.2, 0.25) is 10.0 Å². The number of hydrogen-bond donors (Lipinski definition) is 1. The van der Waals surface area contributed by atoms with Crippen LogP contribution in [0.2, 0.25) is 0 Å². The lowest BCUT2D eigenvalue weighted by Crippen LogP contribution is -2.39.